The Morgan fingerprint density at radius 1 is 1.03 bits per heavy atom. The van der Waals surface area contributed by atoms with Crippen LogP contribution in [0, 0.1) is 17.3 Å². The second kappa shape index (κ2) is 11.9. The van der Waals surface area contributed by atoms with Crippen molar-refractivity contribution in [1.82, 2.24) is 21.3 Å². The summed E-state index contributed by atoms with van der Waals surface area (Å²) in [7, 11) is 0. The van der Waals surface area contributed by atoms with E-state index in [1.54, 1.807) is 19.2 Å². The molecule has 0 aliphatic carbocycles. The van der Waals surface area contributed by atoms with Gasteiger partial charge in [-0.1, -0.05) is 34.6 Å². The third-order valence-electron chi connectivity index (χ3n) is 5.30. The zero-order valence-electron chi connectivity index (χ0n) is 19.8. The summed E-state index contributed by atoms with van der Waals surface area (Å²) < 4.78 is 38.3. The summed E-state index contributed by atoms with van der Waals surface area (Å²) in [5.74, 6) is -4.84. The highest BCUT2D eigenvalue weighted by Crippen LogP contribution is 2.23. The smallest absolute Gasteiger partial charge is 0.356 e. The minimum absolute atomic E-state index is 0.0223. The van der Waals surface area contributed by atoms with E-state index in [1.807, 2.05) is 0 Å². The van der Waals surface area contributed by atoms with Gasteiger partial charge in [0.15, 0.2) is 0 Å². The van der Waals surface area contributed by atoms with Crippen molar-refractivity contribution in [3.63, 3.8) is 0 Å². The molecule has 34 heavy (non-hydrogen) atoms. The molecule has 0 radical (unpaired) electrons. The van der Waals surface area contributed by atoms with Gasteiger partial charge in [0.2, 0.25) is 22.8 Å². The number of carbonyl (C=O) groups is 5. The molecule has 1 heterocycles. The maximum absolute atomic E-state index is 13.0. The molecule has 0 spiro atoms. The van der Waals surface area contributed by atoms with E-state index in [2.05, 4.69) is 28.6 Å². The molecular formula is C21H33F3N4O5S. The van der Waals surface area contributed by atoms with E-state index in [0.29, 0.717) is 13.0 Å². The summed E-state index contributed by atoms with van der Waals surface area (Å²) in [6, 6.07) is -3.89. The Kier molecular flexibility index (Phi) is 10.4. The van der Waals surface area contributed by atoms with Crippen LogP contribution in [-0.4, -0.2) is 59.6 Å². The van der Waals surface area contributed by atoms with Crippen molar-refractivity contribution in [2.75, 3.05) is 6.54 Å². The summed E-state index contributed by atoms with van der Waals surface area (Å²) in [6.45, 7) is 8.39. The molecular weight excluding hydrogens is 477 g/mol. The monoisotopic (exact) mass is 510 g/mol. The van der Waals surface area contributed by atoms with E-state index in [9.17, 15) is 37.1 Å². The molecule has 1 aliphatic rings. The standard InChI is InChI=1S/C21H33F3N4O5S/c1-10(2)8-12(16(30)27-13(18(32)34)9-11-6-7-25-15(11)29)26-17(31)14(20(3,4)5)28-19(33)21(22,23)24/h10-14H,6-9H2,1-5H3,(H,25,29)(H,26,31)(H,27,30)(H,28,33)(H,32,34)/t11-,12-,13-,14+/m0/s1. The molecule has 0 aromatic rings. The fourth-order valence-electron chi connectivity index (χ4n) is 3.49. The quantitative estimate of drug-likeness (QED) is 0.281. The Bertz CT molecular complexity index is 798. The van der Waals surface area contributed by atoms with Crippen molar-refractivity contribution >= 4 is 41.4 Å². The van der Waals surface area contributed by atoms with Crippen LogP contribution in [0.25, 0.3) is 0 Å². The molecule has 0 unspecified atom stereocenters. The fourth-order valence-corrected chi connectivity index (χ4v) is 3.66. The minimum Gasteiger partial charge on any atom is -0.356 e. The van der Waals surface area contributed by atoms with Gasteiger partial charge in [0.25, 0.3) is 0 Å². The van der Waals surface area contributed by atoms with E-state index < -0.39 is 58.5 Å². The first-order valence-corrected chi connectivity index (χ1v) is 11.4. The molecule has 9 nitrogen and oxygen atoms in total. The number of halogens is 3. The number of hydrogen-bond donors (Lipinski definition) is 5. The van der Waals surface area contributed by atoms with Crippen molar-refractivity contribution in [1.29, 1.82) is 0 Å². The lowest BCUT2D eigenvalue weighted by molar-refractivity contribution is -0.175. The van der Waals surface area contributed by atoms with E-state index >= 15 is 0 Å². The van der Waals surface area contributed by atoms with Crippen molar-refractivity contribution in [2.24, 2.45) is 17.3 Å². The van der Waals surface area contributed by atoms with Crippen molar-refractivity contribution in [3.05, 3.63) is 0 Å². The number of carbonyl (C=O) groups excluding carboxylic acids is 5. The van der Waals surface area contributed by atoms with Crippen LogP contribution < -0.4 is 21.3 Å². The molecule has 4 amide bonds. The van der Waals surface area contributed by atoms with Crippen LogP contribution in [0.3, 0.4) is 0 Å². The Hall–Kier alpha value is -2.31. The van der Waals surface area contributed by atoms with Gasteiger partial charge in [-0.25, -0.2) is 0 Å². The number of hydrogen-bond acceptors (Lipinski definition) is 5. The highest BCUT2D eigenvalue weighted by atomic mass is 32.1. The fraction of sp³-hybridized carbons (Fsp3) is 0.762. The lowest BCUT2D eigenvalue weighted by Gasteiger charge is -2.32. The van der Waals surface area contributed by atoms with Gasteiger partial charge >= 0.3 is 12.1 Å². The molecule has 13 heteroatoms. The summed E-state index contributed by atoms with van der Waals surface area (Å²) in [5.41, 5.74) is -1.11. The molecule has 0 aromatic carbocycles. The van der Waals surface area contributed by atoms with E-state index in [0.717, 1.165) is 0 Å². The van der Waals surface area contributed by atoms with Gasteiger partial charge in [0, 0.05) is 12.5 Å². The predicted octanol–water partition coefficient (Wildman–Crippen LogP) is 1.08. The lowest BCUT2D eigenvalue weighted by atomic mass is 9.85. The van der Waals surface area contributed by atoms with Crippen LogP contribution in [0.2, 0.25) is 0 Å². The molecule has 1 saturated heterocycles. The summed E-state index contributed by atoms with van der Waals surface area (Å²) in [5, 5.41) is 8.55. The van der Waals surface area contributed by atoms with E-state index in [-0.39, 0.29) is 24.7 Å². The molecule has 4 atom stereocenters. The predicted molar refractivity (Wildman–Crippen MR) is 120 cm³/mol. The molecule has 0 saturated carbocycles. The van der Waals surface area contributed by atoms with Gasteiger partial charge in [-0.15, -0.1) is 12.6 Å². The molecule has 4 N–H and O–H groups in total. The van der Waals surface area contributed by atoms with Crippen LogP contribution >= 0.6 is 12.6 Å². The molecule has 194 valence electrons. The van der Waals surface area contributed by atoms with Gasteiger partial charge in [0.05, 0.1) is 6.04 Å². The Morgan fingerprint density at radius 3 is 2.00 bits per heavy atom. The Balaban J connectivity index is 3.03. The minimum atomic E-state index is -5.19. The van der Waals surface area contributed by atoms with Crippen LogP contribution in [-0.2, 0) is 24.0 Å². The van der Waals surface area contributed by atoms with Crippen molar-refractivity contribution < 1.29 is 37.1 Å². The van der Waals surface area contributed by atoms with Crippen LogP contribution in [0.4, 0.5) is 13.2 Å². The number of alkyl halides is 3. The number of amides is 4. The second-order valence-corrected chi connectivity index (χ2v) is 10.3. The highest BCUT2D eigenvalue weighted by molar-refractivity contribution is 7.96. The van der Waals surface area contributed by atoms with Crippen LogP contribution in [0.5, 0.6) is 0 Å². The average Bonchev–Trinajstić information content (AvgIpc) is 3.06. The van der Waals surface area contributed by atoms with Crippen LogP contribution in [0.15, 0.2) is 0 Å². The third-order valence-corrected chi connectivity index (χ3v) is 5.61. The van der Waals surface area contributed by atoms with Crippen LogP contribution in [0.1, 0.15) is 53.9 Å². The third kappa shape index (κ3) is 9.15. The molecule has 1 fully saturated rings. The van der Waals surface area contributed by atoms with Gasteiger partial charge in [-0.05, 0) is 30.6 Å². The number of nitrogens with one attached hydrogen (secondary N) is 4. The van der Waals surface area contributed by atoms with E-state index in [1.165, 1.54) is 20.8 Å². The topological polar surface area (TPSA) is 133 Å². The molecule has 0 aromatic heterocycles. The second-order valence-electron chi connectivity index (χ2n) is 9.87. The SMILES string of the molecule is CC(C)C[C@H](NC(=O)[C@@H](NC(=O)C(F)(F)F)C(C)(C)C)C(=O)N[C@@H](C[C@@H]1CCNC1=O)C(=O)S. The number of rotatable bonds is 10. The zero-order valence-corrected chi connectivity index (χ0v) is 20.7. The Morgan fingerprint density at radius 2 is 1.59 bits per heavy atom. The number of thiol groups is 1. The summed E-state index contributed by atoms with van der Waals surface area (Å²) in [4.78, 5) is 61.1. The first-order valence-electron chi connectivity index (χ1n) is 10.9. The maximum Gasteiger partial charge on any atom is 0.471 e. The molecule has 0 bridgehead atoms. The lowest BCUT2D eigenvalue weighted by Crippen LogP contribution is -2.60. The Labute approximate surface area is 202 Å². The molecule has 1 rings (SSSR count). The van der Waals surface area contributed by atoms with E-state index in [4.69, 9.17) is 0 Å². The molecule has 1 aliphatic heterocycles. The summed E-state index contributed by atoms with van der Waals surface area (Å²) >= 11 is 3.79. The van der Waals surface area contributed by atoms with Gasteiger partial charge in [-0.3, -0.25) is 24.0 Å². The average molecular weight is 511 g/mol. The van der Waals surface area contributed by atoms with Gasteiger partial charge in [0.1, 0.15) is 12.1 Å². The summed E-state index contributed by atoms with van der Waals surface area (Å²) in [6.07, 6.45) is -4.57. The zero-order chi connectivity index (χ0) is 26.4. The normalized spacial score (nSPS) is 19.1. The van der Waals surface area contributed by atoms with Gasteiger partial charge < -0.3 is 21.3 Å². The highest BCUT2D eigenvalue weighted by Gasteiger charge is 2.44. The van der Waals surface area contributed by atoms with Crippen molar-refractivity contribution in [3.8, 4) is 0 Å². The van der Waals surface area contributed by atoms with Crippen molar-refractivity contribution in [2.45, 2.75) is 78.2 Å². The largest absolute Gasteiger partial charge is 0.471 e. The first-order chi connectivity index (χ1) is 15.4. The maximum atomic E-state index is 13.0. The van der Waals surface area contributed by atoms with Gasteiger partial charge in [-0.2, -0.15) is 13.2 Å². The first kappa shape index (κ1) is 29.7.